The van der Waals surface area contributed by atoms with E-state index in [0.29, 0.717) is 16.2 Å². The van der Waals surface area contributed by atoms with Crippen LogP contribution in [-0.4, -0.2) is 23.8 Å². The lowest BCUT2D eigenvalue weighted by Gasteiger charge is -2.15. The summed E-state index contributed by atoms with van der Waals surface area (Å²) >= 11 is 1.42. The molecule has 4 nitrogen and oxygen atoms in total. The molecule has 0 atom stereocenters. The van der Waals surface area contributed by atoms with Crippen molar-refractivity contribution >= 4 is 29.1 Å². The molecule has 0 spiro atoms. The molecule has 1 aliphatic rings. The molecule has 0 radical (unpaired) electrons. The summed E-state index contributed by atoms with van der Waals surface area (Å²) in [5, 5.41) is 0. The van der Waals surface area contributed by atoms with Crippen molar-refractivity contribution in [1.82, 2.24) is 4.90 Å². The Kier molecular flexibility index (Phi) is 6.00. The number of amides is 2. The predicted octanol–water partition coefficient (Wildman–Crippen LogP) is 4.91. The molecular weight excluding hydrogens is 394 g/mol. The average molecular weight is 416 g/mol. The summed E-state index contributed by atoms with van der Waals surface area (Å²) in [5.74, 6) is 0.871. The zero-order valence-electron chi connectivity index (χ0n) is 16.6. The van der Waals surface area contributed by atoms with Crippen molar-refractivity contribution < 1.29 is 14.3 Å². The van der Waals surface area contributed by atoms with Crippen LogP contribution >= 0.6 is 11.8 Å². The van der Waals surface area contributed by atoms with Crippen molar-refractivity contribution in [3.05, 3.63) is 107 Å². The van der Waals surface area contributed by atoms with Gasteiger partial charge in [0.2, 0.25) is 0 Å². The van der Waals surface area contributed by atoms with Crippen LogP contribution in [0.2, 0.25) is 0 Å². The summed E-state index contributed by atoms with van der Waals surface area (Å²) in [6, 6.07) is 26.8. The van der Waals surface area contributed by atoms with Gasteiger partial charge in [-0.05, 0) is 28.8 Å². The molecule has 1 heterocycles. The Labute approximate surface area is 180 Å². The van der Waals surface area contributed by atoms with Crippen LogP contribution in [0.3, 0.4) is 0 Å². The summed E-state index contributed by atoms with van der Waals surface area (Å²) < 4.78 is 5.19. The zero-order chi connectivity index (χ0) is 20.9. The Morgan fingerprint density at radius 1 is 0.767 bits per heavy atom. The molecule has 0 bridgehead atoms. The maximum absolute atomic E-state index is 13.3. The molecule has 0 unspecified atom stereocenters. The number of hydrogen-bond acceptors (Lipinski definition) is 4. The van der Waals surface area contributed by atoms with Gasteiger partial charge < -0.3 is 4.74 Å². The van der Waals surface area contributed by atoms with Gasteiger partial charge in [0.25, 0.3) is 11.8 Å². The highest BCUT2D eigenvalue weighted by molar-refractivity contribution is 8.03. The number of hydrogen-bond donors (Lipinski definition) is 0. The number of ether oxygens (including phenoxy) is 1. The van der Waals surface area contributed by atoms with Crippen molar-refractivity contribution in [3.8, 4) is 5.75 Å². The van der Waals surface area contributed by atoms with Gasteiger partial charge in [-0.1, -0.05) is 72.8 Å². The minimum Gasteiger partial charge on any atom is -0.497 e. The topological polar surface area (TPSA) is 46.6 Å². The maximum Gasteiger partial charge on any atom is 0.268 e. The van der Waals surface area contributed by atoms with Gasteiger partial charge in [-0.3, -0.25) is 14.5 Å². The Bertz CT molecular complexity index is 1080. The fraction of sp³-hybridized carbons (Fsp3) is 0.120. The second-order valence-corrected chi connectivity index (χ2v) is 7.87. The number of nitrogens with zero attached hydrogens (tertiary/aromatic N) is 1. The van der Waals surface area contributed by atoms with Crippen LogP contribution in [0, 0.1) is 0 Å². The molecule has 2 amide bonds. The van der Waals surface area contributed by atoms with Crippen LogP contribution in [0.5, 0.6) is 5.75 Å². The van der Waals surface area contributed by atoms with Crippen molar-refractivity contribution in [2.75, 3.05) is 7.11 Å². The van der Waals surface area contributed by atoms with Gasteiger partial charge in [-0.25, -0.2) is 0 Å². The first-order chi connectivity index (χ1) is 14.7. The third-order valence-electron chi connectivity index (χ3n) is 4.91. The van der Waals surface area contributed by atoms with Crippen LogP contribution in [0.4, 0.5) is 0 Å². The van der Waals surface area contributed by atoms with E-state index in [1.54, 1.807) is 7.11 Å². The lowest BCUT2D eigenvalue weighted by atomic mass is 10.1. The number of rotatable bonds is 7. The Morgan fingerprint density at radius 2 is 1.40 bits per heavy atom. The fourth-order valence-corrected chi connectivity index (χ4v) is 4.42. The molecule has 0 aliphatic carbocycles. The molecule has 0 aromatic heterocycles. The smallest absolute Gasteiger partial charge is 0.268 e. The van der Waals surface area contributed by atoms with E-state index in [-0.39, 0.29) is 18.4 Å². The van der Waals surface area contributed by atoms with E-state index in [0.717, 1.165) is 22.4 Å². The fourth-order valence-electron chi connectivity index (χ4n) is 3.33. The number of imide groups is 1. The first kappa shape index (κ1) is 20.0. The highest BCUT2D eigenvalue weighted by Gasteiger charge is 2.39. The molecule has 1 aliphatic heterocycles. The number of thioether (sulfide) groups is 1. The number of carbonyl (C=O) groups excluding carboxylic acids is 2. The minimum atomic E-state index is -0.252. The van der Waals surface area contributed by atoms with E-state index in [1.165, 1.54) is 16.7 Å². The van der Waals surface area contributed by atoms with Crippen molar-refractivity contribution in [2.24, 2.45) is 0 Å². The van der Waals surface area contributed by atoms with Crippen molar-refractivity contribution in [1.29, 1.82) is 0 Å². The van der Waals surface area contributed by atoms with E-state index < -0.39 is 0 Å². The lowest BCUT2D eigenvalue weighted by molar-refractivity contribution is -0.137. The van der Waals surface area contributed by atoms with Crippen LogP contribution < -0.4 is 4.74 Å². The quantitative estimate of drug-likeness (QED) is 0.515. The molecule has 0 N–H and O–H groups in total. The normalized spacial score (nSPS) is 13.8. The molecule has 3 aromatic rings. The predicted molar refractivity (Wildman–Crippen MR) is 120 cm³/mol. The molecule has 150 valence electrons. The monoisotopic (exact) mass is 415 g/mol. The second-order valence-electron chi connectivity index (χ2n) is 6.89. The maximum atomic E-state index is 13.3. The van der Waals surface area contributed by atoms with Crippen molar-refractivity contribution in [2.45, 2.75) is 12.3 Å². The van der Waals surface area contributed by atoms with E-state index in [1.807, 2.05) is 84.9 Å². The Hall–Kier alpha value is -3.31. The van der Waals surface area contributed by atoms with Crippen LogP contribution in [0.15, 0.2) is 89.8 Å². The molecular formula is C25H21NO3S. The van der Waals surface area contributed by atoms with Crippen LogP contribution in [0.1, 0.15) is 16.7 Å². The zero-order valence-corrected chi connectivity index (χ0v) is 17.4. The first-order valence-electron chi connectivity index (χ1n) is 9.63. The summed E-state index contributed by atoms with van der Waals surface area (Å²) in [6.45, 7) is 0.230. The second kappa shape index (κ2) is 9.01. The third-order valence-corrected chi connectivity index (χ3v) is 6.06. The summed E-state index contributed by atoms with van der Waals surface area (Å²) in [7, 11) is 1.61. The van der Waals surface area contributed by atoms with Gasteiger partial charge in [0.15, 0.2) is 0 Å². The van der Waals surface area contributed by atoms with Gasteiger partial charge in [-0.2, -0.15) is 0 Å². The van der Waals surface area contributed by atoms with E-state index >= 15 is 0 Å². The van der Waals surface area contributed by atoms with Gasteiger partial charge >= 0.3 is 0 Å². The van der Waals surface area contributed by atoms with E-state index in [4.69, 9.17) is 4.74 Å². The highest BCUT2D eigenvalue weighted by Crippen LogP contribution is 2.38. The molecule has 0 saturated heterocycles. The van der Waals surface area contributed by atoms with Crippen molar-refractivity contribution in [3.63, 3.8) is 0 Å². The molecule has 0 fully saturated rings. The number of carbonyl (C=O) groups is 2. The van der Waals surface area contributed by atoms with Gasteiger partial charge in [0.05, 0.1) is 24.1 Å². The van der Waals surface area contributed by atoms with Gasteiger partial charge in [0, 0.05) is 5.75 Å². The summed E-state index contributed by atoms with van der Waals surface area (Å²) in [6.07, 6.45) is 0. The van der Waals surface area contributed by atoms with Crippen LogP contribution in [0.25, 0.3) is 5.57 Å². The Morgan fingerprint density at radius 3 is 2.03 bits per heavy atom. The minimum absolute atomic E-state index is 0.230. The Balaban J connectivity index is 1.63. The van der Waals surface area contributed by atoms with E-state index in [9.17, 15) is 9.59 Å². The first-order valence-corrected chi connectivity index (χ1v) is 10.6. The van der Waals surface area contributed by atoms with Gasteiger partial charge in [-0.15, -0.1) is 11.8 Å². The van der Waals surface area contributed by atoms with Gasteiger partial charge in [0.1, 0.15) is 5.75 Å². The average Bonchev–Trinajstić information content (AvgIpc) is 3.03. The number of methoxy groups -OCH3 is 1. The van der Waals surface area contributed by atoms with Crippen LogP contribution in [-0.2, 0) is 21.9 Å². The lowest BCUT2D eigenvalue weighted by Crippen LogP contribution is -2.30. The summed E-state index contributed by atoms with van der Waals surface area (Å²) in [4.78, 5) is 28.4. The molecule has 4 rings (SSSR count). The number of benzene rings is 3. The molecule has 30 heavy (non-hydrogen) atoms. The summed E-state index contributed by atoms with van der Waals surface area (Å²) in [5.41, 5.74) is 3.23. The highest BCUT2D eigenvalue weighted by atomic mass is 32.2. The molecule has 5 heteroatoms. The van der Waals surface area contributed by atoms with E-state index in [2.05, 4.69) is 0 Å². The standard InChI is InChI=1S/C25H21NO3S/c1-29-21-14-12-18(13-15-21)16-26-24(27)22(20-10-6-3-7-11-20)23(25(26)28)30-17-19-8-4-2-5-9-19/h2-15H,16-17H2,1H3. The largest absolute Gasteiger partial charge is 0.497 e. The molecule has 3 aromatic carbocycles. The SMILES string of the molecule is COc1ccc(CN2C(=O)C(SCc3ccccc3)=C(c3ccccc3)C2=O)cc1. The third kappa shape index (κ3) is 4.16. The molecule has 0 saturated carbocycles.